The summed E-state index contributed by atoms with van der Waals surface area (Å²) in [5.41, 5.74) is 7.34. The normalized spacial score (nSPS) is 11.9. The van der Waals surface area contributed by atoms with Crippen LogP contribution in [0.5, 0.6) is 0 Å². The van der Waals surface area contributed by atoms with Crippen molar-refractivity contribution in [2.75, 3.05) is 13.1 Å². The number of benzene rings is 2. The third-order valence-electron chi connectivity index (χ3n) is 3.73. The van der Waals surface area contributed by atoms with Crippen LogP contribution in [0.4, 0.5) is 0 Å². The van der Waals surface area contributed by atoms with Crippen molar-refractivity contribution in [3.05, 3.63) is 48.0 Å². The summed E-state index contributed by atoms with van der Waals surface area (Å²) in [4.78, 5) is 0. The Morgan fingerprint density at radius 2 is 1.79 bits per heavy atom. The van der Waals surface area contributed by atoms with Crippen LogP contribution in [0.15, 0.2) is 42.5 Å². The van der Waals surface area contributed by atoms with Crippen LogP contribution in [0.25, 0.3) is 10.8 Å². The minimum Gasteiger partial charge on any atom is -0.330 e. The predicted octanol–water partition coefficient (Wildman–Crippen LogP) is 3.30. The van der Waals surface area contributed by atoms with E-state index in [1.807, 2.05) is 0 Å². The van der Waals surface area contributed by atoms with Crippen LogP contribution >= 0.6 is 0 Å². The highest BCUT2D eigenvalue weighted by Gasteiger charge is 2.14. The average molecular weight is 256 g/mol. The Bertz CT molecular complexity index is 526. The van der Waals surface area contributed by atoms with E-state index in [1.54, 1.807) is 0 Å². The lowest BCUT2D eigenvalue weighted by Crippen LogP contribution is -2.28. The second-order valence-corrected chi connectivity index (χ2v) is 5.93. The number of hydrogen-bond acceptors (Lipinski definition) is 2. The molecule has 0 bridgehead atoms. The molecule has 0 radical (unpaired) electrons. The van der Waals surface area contributed by atoms with Crippen LogP contribution in [0.2, 0.25) is 0 Å². The zero-order valence-electron chi connectivity index (χ0n) is 11.9. The van der Waals surface area contributed by atoms with Crippen molar-refractivity contribution in [3.63, 3.8) is 0 Å². The Balaban J connectivity index is 1.95. The van der Waals surface area contributed by atoms with E-state index >= 15 is 0 Å². The molecule has 0 aliphatic heterocycles. The van der Waals surface area contributed by atoms with E-state index in [0.717, 1.165) is 26.1 Å². The average Bonchev–Trinajstić information content (AvgIpc) is 2.44. The van der Waals surface area contributed by atoms with E-state index < -0.39 is 0 Å². The maximum atomic E-state index is 5.75. The molecule has 2 nitrogen and oxygen atoms in total. The van der Waals surface area contributed by atoms with Crippen molar-refractivity contribution in [1.82, 2.24) is 5.32 Å². The molecule has 2 heteroatoms. The fraction of sp³-hybridized carbons (Fsp3) is 0.412. The van der Waals surface area contributed by atoms with Gasteiger partial charge in [-0.15, -0.1) is 0 Å². The van der Waals surface area contributed by atoms with Gasteiger partial charge in [0.2, 0.25) is 0 Å². The summed E-state index contributed by atoms with van der Waals surface area (Å²) in [6.07, 6.45) is 1.11. The molecule has 0 saturated heterocycles. The fourth-order valence-corrected chi connectivity index (χ4v) is 2.20. The molecule has 0 saturated carbocycles. The molecule has 0 aliphatic rings. The smallest absolute Gasteiger partial charge is 0.0211 e. The van der Waals surface area contributed by atoms with Gasteiger partial charge in [-0.1, -0.05) is 56.3 Å². The Labute approximate surface area is 116 Å². The zero-order chi connectivity index (χ0) is 13.7. The first-order chi connectivity index (χ1) is 9.12. The van der Waals surface area contributed by atoms with Gasteiger partial charge in [0, 0.05) is 6.54 Å². The molecule has 0 aliphatic carbocycles. The second-order valence-electron chi connectivity index (χ2n) is 5.93. The van der Waals surface area contributed by atoms with Crippen LogP contribution in [0.3, 0.4) is 0 Å². The fourth-order valence-electron chi connectivity index (χ4n) is 2.20. The monoisotopic (exact) mass is 256 g/mol. The first kappa shape index (κ1) is 14.0. The molecule has 0 amide bonds. The molecule has 0 heterocycles. The molecule has 19 heavy (non-hydrogen) atoms. The lowest BCUT2D eigenvalue weighted by atomic mass is 9.90. The van der Waals surface area contributed by atoms with Gasteiger partial charge in [0.15, 0.2) is 0 Å². The Kier molecular flexibility index (Phi) is 4.56. The van der Waals surface area contributed by atoms with Crippen molar-refractivity contribution in [2.24, 2.45) is 11.1 Å². The van der Waals surface area contributed by atoms with Crippen LogP contribution in [0, 0.1) is 5.41 Å². The van der Waals surface area contributed by atoms with Crippen molar-refractivity contribution < 1.29 is 0 Å². The van der Waals surface area contributed by atoms with Gasteiger partial charge in [-0.25, -0.2) is 0 Å². The largest absolute Gasteiger partial charge is 0.330 e. The standard InChI is InChI=1S/C17H24N2/c1-17(2,13-18)10-11-19-12-15-8-5-7-14-6-3-4-9-16(14)15/h3-9,19H,10-13,18H2,1-2H3. The molecule has 102 valence electrons. The minimum absolute atomic E-state index is 0.228. The van der Waals surface area contributed by atoms with E-state index in [-0.39, 0.29) is 5.41 Å². The molecule has 0 spiro atoms. The molecular formula is C17H24N2. The summed E-state index contributed by atoms with van der Waals surface area (Å²) in [7, 11) is 0. The lowest BCUT2D eigenvalue weighted by Gasteiger charge is -2.22. The molecule has 2 aromatic rings. The van der Waals surface area contributed by atoms with Gasteiger partial charge >= 0.3 is 0 Å². The number of rotatable bonds is 6. The third-order valence-corrected chi connectivity index (χ3v) is 3.73. The van der Waals surface area contributed by atoms with Crippen molar-refractivity contribution >= 4 is 10.8 Å². The Morgan fingerprint density at radius 1 is 1.05 bits per heavy atom. The van der Waals surface area contributed by atoms with E-state index in [4.69, 9.17) is 5.73 Å². The van der Waals surface area contributed by atoms with E-state index in [9.17, 15) is 0 Å². The SMILES string of the molecule is CC(C)(CN)CCNCc1cccc2ccccc12. The first-order valence-electron chi connectivity index (χ1n) is 7.00. The van der Waals surface area contributed by atoms with E-state index in [0.29, 0.717) is 0 Å². The quantitative estimate of drug-likeness (QED) is 0.778. The lowest BCUT2D eigenvalue weighted by molar-refractivity contribution is 0.339. The summed E-state index contributed by atoms with van der Waals surface area (Å²) >= 11 is 0. The summed E-state index contributed by atoms with van der Waals surface area (Å²) in [5, 5.41) is 6.18. The van der Waals surface area contributed by atoms with Gasteiger partial charge in [0.1, 0.15) is 0 Å². The molecule has 0 unspecified atom stereocenters. The molecule has 0 aromatic heterocycles. The molecule has 2 aromatic carbocycles. The summed E-state index contributed by atoms with van der Waals surface area (Å²) in [5.74, 6) is 0. The van der Waals surface area contributed by atoms with Gasteiger partial charge in [-0.2, -0.15) is 0 Å². The predicted molar refractivity (Wildman–Crippen MR) is 83.1 cm³/mol. The van der Waals surface area contributed by atoms with Gasteiger partial charge in [-0.05, 0) is 41.3 Å². The summed E-state index contributed by atoms with van der Waals surface area (Å²) in [6, 6.07) is 15.0. The topological polar surface area (TPSA) is 38.0 Å². The highest BCUT2D eigenvalue weighted by atomic mass is 14.8. The van der Waals surface area contributed by atoms with Crippen molar-refractivity contribution in [2.45, 2.75) is 26.8 Å². The third kappa shape index (κ3) is 3.79. The number of fused-ring (bicyclic) bond motifs is 1. The Morgan fingerprint density at radius 3 is 2.58 bits per heavy atom. The van der Waals surface area contributed by atoms with Crippen LogP contribution in [-0.2, 0) is 6.54 Å². The van der Waals surface area contributed by atoms with Gasteiger partial charge < -0.3 is 11.1 Å². The van der Waals surface area contributed by atoms with Crippen molar-refractivity contribution in [1.29, 1.82) is 0 Å². The van der Waals surface area contributed by atoms with Crippen LogP contribution in [-0.4, -0.2) is 13.1 Å². The minimum atomic E-state index is 0.228. The van der Waals surface area contributed by atoms with Crippen LogP contribution < -0.4 is 11.1 Å². The molecule has 3 N–H and O–H groups in total. The summed E-state index contributed by atoms with van der Waals surface area (Å²) < 4.78 is 0. The van der Waals surface area contributed by atoms with E-state index in [1.165, 1.54) is 16.3 Å². The second kappa shape index (κ2) is 6.18. The molecular weight excluding hydrogens is 232 g/mol. The number of nitrogens with one attached hydrogen (secondary N) is 1. The highest BCUT2D eigenvalue weighted by Crippen LogP contribution is 2.19. The van der Waals surface area contributed by atoms with Gasteiger partial charge in [-0.3, -0.25) is 0 Å². The number of hydrogen-bond donors (Lipinski definition) is 2. The molecule has 0 fully saturated rings. The number of nitrogens with two attached hydrogens (primary N) is 1. The molecule has 0 atom stereocenters. The summed E-state index contributed by atoms with van der Waals surface area (Å²) in [6.45, 7) is 7.09. The zero-order valence-corrected chi connectivity index (χ0v) is 11.9. The maximum absolute atomic E-state index is 5.75. The van der Waals surface area contributed by atoms with Crippen molar-refractivity contribution in [3.8, 4) is 0 Å². The maximum Gasteiger partial charge on any atom is 0.0211 e. The van der Waals surface area contributed by atoms with E-state index in [2.05, 4.69) is 61.6 Å². The first-order valence-corrected chi connectivity index (χ1v) is 7.00. The Hall–Kier alpha value is -1.38. The van der Waals surface area contributed by atoms with Gasteiger partial charge in [0.25, 0.3) is 0 Å². The molecule has 2 rings (SSSR count). The van der Waals surface area contributed by atoms with Crippen LogP contribution in [0.1, 0.15) is 25.8 Å². The van der Waals surface area contributed by atoms with Gasteiger partial charge in [0.05, 0.1) is 0 Å². The highest BCUT2D eigenvalue weighted by molar-refractivity contribution is 5.85.